The molecule has 0 aliphatic heterocycles. The van der Waals surface area contributed by atoms with Crippen LogP contribution in [0.1, 0.15) is 44.7 Å². The summed E-state index contributed by atoms with van der Waals surface area (Å²) < 4.78 is 19.0. The minimum Gasteiger partial charge on any atom is -0.413 e. The van der Waals surface area contributed by atoms with Crippen LogP contribution in [-0.4, -0.2) is 32.4 Å². The number of carbonyl (C=O) groups excluding carboxylic acids is 1. The Bertz CT molecular complexity index is 829. The summed E-state index contributed by atoms with van der Waals surface area (Å²) in [5.41, 5.74) is 2.14. The highest BCUT2D eigenvalue weighted by atomic mass is 28.4. The van der Waals surface area contributed by atoms with E-state index in [2.05, 4.69) is 33.9 Å². The van der Waals surface area contributed by atoms with Crippen molar-refractivity contribution >= 4 is 14.1 Å². The molecule has 1 unspecified atom stereocenters. The molecule has 0 amide bonds. The number of rotatable bonds is 8. The molecule has 1 aliphatic carbocycles. The van der Waals surface area contributed by atoms with E-state index in [1.54, 1.807) is 0 Å². The van der Waals surface area contributed by atoms with E-state index < -0.39 is 14.4 Å². The second kappa shape index (κ2) is 10.2. The normalized spacial score (nSPS) is 22.5. The van der Waals surface area contributed by atoms with Gasteiger partial charge in [0.2, 0.25) is 0 Å². The number of hydrogen-bond donors (Lipinski definition) is 0. The summed E-state index contributed by atoms with van der Waals surface area (Å²) in [7, 11) is -1.98. The quantitative estimate of drug-likeness (QED) is 0.479. The number of benzene rings is 2. The molecule has 0 spiro atoms. The van der Waals surface area contributed by atoms with Gasteiger partial charge in [-0.2, -0.15) is 0 Å². The Morgan fingerprint density at radius 2 is 1.39 bits per heavy atom. The molecule has 3 rings (SSSR count). The Balaban J connectivity index is 1.71. The lowest BCUT2D eigenvalue weighted by molar-refractivity contribution is -0.158. The van der Waals surface area contributed by atoms with E-state index in [1.807, 2.05) is 60.7 Å². The molecule has 2 aromatic carbocycles. The van der Waals surface area contributed by atoms with Crippen molar-refractivity contribution in [2.75, 3.05) is 0 Å². The summed E-state index contributed by atoms with van der Waals surface area (Å²) >= 11 is 0. The molecule has 1 aliphatic rings. The van der Waals surface area contributed by atoms with Crippen molar-refractivity contribution in [2.24, 2.45) is 0 Å². The average Bonchev–Trinajstić information content (AvgIpc) is 2.72. The molecule has 0 radical (unpaired) electrons. The fraction of sp³-hybridized carbons (Fsp3) is 0.500. The van der Waals surface area contributed by atoms with E-state index in [1.165, 1.54) is 0 Å². The zero-order chi connectivity index (χ0) is 22.5. The Labute approximate surface area is 188 Å². The van der Waals surface area contributed by atoms with Crippen LogP contribution in [0.3, 0.4) is 0 Å². The van der Waals surface area contributed by atoms with Crippen LogP contribution in [0.5, 0.6) is 0 Å². The second-order valence-electron chi connectivity index (χ2n) is 9.96. The van der Waals surface area contributed by atoms with Crippen LogP contribution in [0, 0.1) is 0 Å². The molecule has 3 atom stereocenters. The van der Waals surface area contributed by atoms with Crippen LogP contribution < -0.4 is 0 Å². The SMILES string of the molecule is CC(C)(C)[Si](C)(C)OC1CC(=O)[C@@H](OCc2ccccc2)[C@H](OCc2ccccc2)C1. The van der Waals surface area contributed by atoms with Gasteiger partial charge in [0.25, 0.3) is 0 Å². The molecule has 1 fully saturated rings. The van der Waals surface area contributed by atoms with Crippen LogP contribution >= 0.6 is 0 Å². The highest BCUT2D eigenvalue weighted by Crippen LogP contribution is 2.39. The predicted molar refractivity (Wildman–Crippen MR) is 126 cm³/mol. The first-order chi connectivity index (χ1) is 14.7. The number of ether oxygens (including phenoxy) is 2. The van der Waals surface area contributed by atoms with Crippen molar-refractivity contribution in [1.29, 1.82) is 0 Å². The molecular weight excluding hydrogens is 404 g/mol. The molecule has 0 bridgehead atoms. The lowest BCUT2D eigenvalue weighted by Crippen LogP contribution is -2.51. The van der Waals surface area contributed by atoms with Gasteiger partial charge in [0.05, 0.1) is 25.4 Å². The highest BCUT2D eigenvalue weighted by Gasteiger charge is 2.44. The molecule has 0 heterocycles. The lowest BCUT2D eigenvalue weighted by Gasteiger charge is -2.42. The molecule has 0 N–H and O–H groups in total. The fourth-order valence-electron chi connectivity index (χ4n) is 3.59. The van der Waals surface area contributed by atoms with Gasteiger partial charge in [-0.05, 0) is 29.3 Å². The Morgan fingerprint density at radius 1 is 0.871 bits per heavy atom. The van der Waals surface area contributed by atoms with E-state index in [0.29, 0.717) is 26.1 Å². The van der Waals surface area contributed by atoms with Crippen molar-refractivity contribution in [3.8, 4) is 0 Å². The summed E-state index contributed by atoms with van der Waals surface area (Å²) in [5, 5.41) is 0.0943. The summed E-state index contributed by atoms with van der Waals surface area (Å²) in [5.74, 6) is 0.0731. The predicted octanol–water partition coefficient (Wildman–Crippen LogP) is 5.91. The summed E-state index contributed by atoms with van der Waals surface area (Å²) in [4.78, 5) is 13.1. The lowest BCUT2D eigenvalue weighted by atomic mass is 9.91. The molecule has 0 aromatic heterocycles. The van der Waals surface area contributed by atoms with E-state index in [9.17, 15) is 4.79 Å². The Morgan fingerprint density at radius 3 is 1.90 bits per heavy atom. The van der Waals surface area contributed by atoms with Gasteiger partial charge in [-0.1, -0.05) is 81.4 Å². The molecule has 2 aromatic rings. The smallest absolute Gasteiger partial charge is 0.192 e. The van der Waals surface area contributed by atoms with Gasteiger partial charge >= 0.3 is 0 Å². The highest BCUT2D eigenvalue weighted by molar-refractivity contribution is 6.74. The number of carbonyl (C=O) groups is 1. The van der Waals surface area contributed by atoms with Crippen molar-refractivity contribution in [1.82, 2.24) is 0 Å². The van der Waals surface area contributed by atoms with Crippen LogP contribution in [0.4, 0.5) is 0 Å². The van der Waals surface area contributed by atoms with Gasteiger partial charge in [0.15, 0.2) is 14.1 Å². The molecule has 1 saturated carbocycles. The Kier molecular flexibility index (Phi) is 7.86. The van der Waals surface area contributed by atoms with Gasteiger partial charge in [0, 0.05) is 12.8 Å². The minimum atomic E-state index is -1.98. The van der Waals surface area contributed by atoms with Crippen LogP contribution in [0.25, 0.3) is 0 Å². The first kappa shape index (κ1) is 23.9. The molecule has 168 valence electrons. The maximum Gasteiger partial charge on any atom is 0.192 e. The van der Waals surface area contributed by atoms with Crippen LogP contribution in [0.15, 0.2) is 60.7 Å². The third kappa shape index (κ3) is 6.59. The molecule has 4 nitrogen and oxygen atoms in total. The molecular formula is C26H36O4Si. The summed E-state index contributed by atoms with van der Waals surface area (Å²) in [6, 6.07) is 20.0. The van der Waals surface area contributed by atoms with Gasteiger partial charge in [-0.3, -0.25) is 4.79 Å². The van der Waals surface area contributed by atoms with E-state index >= 15 is 0 Å². The van der Waals surface area contributed by atoms with Gasteiger partial charge in [-0.25, -0.2) is 0 Å². The maximum absolute atomic E-state index is 13.1. The van der Waals surface area contributed by atoms with Crippen molar-refractivity contribution < 1.29 is 18.7 Å². The standard InChI is InChI=1S/C26H36O4Si/c1-26(2,3)31(4,5)30-22-16-23(27)25(29-19-21-14-10-7-11-15-21)24(17-22)28-18-20-12-8-6-9-13-20/h6-15,22,24-25H,16-19H2,1-5H3/t22?,24-,25-/m1/s1. The Hall–Kier alpha value is -1.79. The summed E-state index contributed by atoms with van der Waals surface area (Å²) in [6.45, 7) is 12.0. The minimum absolute atomic E-state index is 0.0731. The first-order valence-electron chi connectivity index (χ1n) is 11.2. The van der Waals surface area contributed by atoms with E-state index in [0.717, 1.165) is 11.1 Å². The monoisotopic (exact) mass is 440 g/mol. The van der Waals surface area contributed by atoms with E-state index in [-0.39, 0.29) is 23.0 Å². The molecule has 31 heavy (non-hydrogen) atoms. The largest absolute Gasteiger partial charge is 0.413 e. The molecule has 0 saturated heterocycles. The van der Waals surface area contributed by atoms with Crippen molar-refractivity contribution in [3.63, 3.8) is 0 Å². The average molecular weight is 441 g/mol. The number of hydrogen-bond acceptors (Lipinski definition) is 4. The van der Waals surface area contributed by atoms with E-state index in [4.69, 9.17) is 13.9 Å². The summed E-state index contributed by atoms with van der Waals surface area (Å²) in [6.07, 6.45) is 0.0516. The van der Waals surface area contributed by atoms with Gasteiger partial charge in [0.1, 0.15) is 6.10 Å². The third-order valence-electron chi connectivity index (χ3n) is 6.43. The zero-order valence-electron chi connectivity index (χ0n) is 19.5. The molecule has 5 heteroatoms. The topological polar surface area (TPSA) is 44.8 Å². The van der Waals surface area contributed by atoms with Gasteiger partial charge in [-0.15, -0.1) is 0 Å². The fourth-order valence-corrected chi connectivity index (χ4v) is 4.96. The van der Waals surface area contributed by atoms with Crippen molar-refractivity contribution in [3.05, 3.63) is 71.8 Å². The second-order valence-corrected chi connectivity index (χ2v) is 14.7. The number of Topliss-reactive ketones (excluding diaryl/α,β-unsaturated/α-hetero) is 1. The third-order valence-corrected chi connectivity index (χ3v) is 11.0. The number of ketones is 1. The van der Waals surface area contributed by atoms with Crippen LogP contribution in [-0.2, 0) is 31.9 Å². The first-order valence-corrected chi connectivity index (χ1v) is 14.1. The van der Waals surface area contributed by atoms with Crippen molar-refractivity contribution in [2.45, 2.75) is 83.3 Å². The van der Waals surface area contributed by atoms with Gasteiger partial charge < -0.3 is 13.9 Å². The van der Waals surface area contributed by atoms with Crippen LogP contribution in [0.2, 0.25) is 18.1 Å². The zero-order valence-corrected chi connectivity index (χ0v) is 20.5. The maximum atomic E-state index is 13.1.